The molecule has 2 N–H and O–H groups in total. The van der Waals surface area contributed by atoms with Gasteiger partial charge in [0.1, 0.15) is 12.1 Å². The molecular formula is C45H41N5O10. The normalized spacial score (nSPS) is 20.0. The molecule has 2 amide bonds. The van der Waals surface area contributed by atoms with Crippen molar-refractivity contribution in [2.45, 2.75) is 37.0 Å². The van der Waals surface area contributed by atoms with Crippen LogP contribution in [0.5, 0.6) is 23.0 Å². The maximum atomic E-state index is 14.9. The molecule has 10 rings (SSSR count). The van der Waals surface area contributed by atoms with E-state index in [-0.39, 0.29) is 39.5 Å². The average molecular weight is 812 g/mol. The van der Waals surface area contributed by atoms with Gasteiger partial charge in [0.15, 0.2) is 23.0 Å². The quantitative estimate of drug-likeness (QED) is 0.204. The molecule has 0 fully saturated rings. The van der Waals surface area contributed by atoms with Crippen molar-refractivity contribution in [3.63, 3.8) is 0 Å². The van der Waals surface area contributed by atoms with Gasteiger partial charge in [-0.25, -0.2) is 9.59 Å². The van der Waals surface area contributed by atoms with E-state index in [1.807, 2.05) is 72.8 Å². The number of H-pyrrole nitrogens is 2. The van der Waals surface area contributed by atoms with Gasteiger partial charge in [-0.15, -0.1) is 0 Å². The number of amides is 2. The van der Waals surface area contributed by atoms with E-state index in [1.165, 1.54) is 14.2 Å². The van der Waals surface area contributed by atoms with E-state index in [9.17, 15) is 19.2 Å². The van der Waals surface area contributed by atoms with Gasteiger partial charge in [-0.2, -0.15) is 0 Å². The Bertz CT molecular complexity index is 2540. The first-order valence-electron chi connectivity index (χ1n) is 19.7. The molecule has 2 aromatic heterocycles. The summed E-state index contributed by atoms with van der Waals surface area (Å²) in [4.78, 5) is 69.0. The van der Waals surface area contributed by atoms with Crippen LogP contribution in [0.3, 0.4) is 0 Å². The molecule has 0 saturated carbocycles. The van der Waals surface area contributed by atoms with E-state index < -0.39 is 47.9 Å². The van der Waals surface area contributed by atoms with Crippen molar-refractivity contribution in [1.82, 2.24) is 24.7 Å². The van der Waals surface area contributed by atoms with Crippen LogP contribution in [0, 0.1) is 0 Å². The van der Waals surface area contributed by atoms with Crippen LogP contribution in [0.25, 0.3) is 21.8 Å². The second kappa shape index (κ2) is 14.7. The van der Waals surface area contributed by atoms with Crippen LogP contribution in [0.15, 0.2) is 84.9 Å². The minimum absolute atomic E-state index is 0.0678. The highest BCUT2D eigenvalue weighted by Crippen LogP contribution is 2.46. The van der Waals surface area contributed by atoms with E-state index in [2.05, 4.69) is 9.97 Å². The molecule has 4 aromatic carbocycles. The summed E-state index contributed by atoms with van der Waals surface area (Å²) in [6, 6.07) is 23.1. The number of carbonyl (C=O) groups is 4. The number of fused-ring (bicyclic) bond motifs is 8. The molecule has 15 heteroatoms. The SMILES string of the molecule is COC(=O)[C@H]1Cc2c([nH]c3ccccc23)[C@@H](c2ccc3c(c2)OCO3)N1C(=O)CN(C)CC(=O)N1[C@H](c2ccc3c(c2)OCO3)c2[nH]c3ccccc3c2C[C@@H]1C(=O)OC. The standard InChI is InChI=1S/C45H41N5O10/c1-48(20-38(51)49-32(44(53)55-2)18-28-26-8-4-6-10-30(26)46-40(28)42(49)24-12-14-34-36(16-24)59-22-57-34)21-39(52)50-33(45(54)56-3)19-29-27-9-5-7-11-31(27)47-41(29)43(50)25-13-15-35-37(17-25)60-23-58-35/h4-17,32-33,42-43,46-47H,18-23H2,1-3H3/t32-,33-,42-,43-/m1/s1. The predicted octanol–water partition coefficient (Wildman–Crippen LogP) is 4.77. The Morgan fingerprint density at radius 2 is 1.03 bits per heavy atom. The first-order valence-corrected chi connectivity index (χ1v) is 19.7. The Labute approximate surface area is 343 Å². The van der Waals surface area contributed by atoms with Crippen molar-refractivity contribution < 1.29 is 47.6 Å². The number of methoxy groups -OCH3 is 2. The predicted molar refractivity (Wildman–Crippen MR) is 216 cm³/mol. The molecular weight excluding hydrogens is 771 g/mol. The fourth-order valence-corrected chi connectivity index (χ4v) is 9.37. The summed E-state index contributed by atoms with van der Waals surface area (Å²) in [5, 5.41) is 1.89. The van der Waals surface area contributed by atoms with E-state index in [4.69, 9.17) is 28.4 Å². The molecule has 0 spiro atoms. The number of nitrogens with one attached hydrogen (secondary N) is 2. The number of para-hydroxylation sites is 2. The number of hydrogen-bond acceptors (Lipinski definition) is 11. The van der Waals surface area contributed by atoms with Crippen LogP contribution >= 0.6 is 0 Å². The van der Waals surface area contributed by atoms with Crippen molar-refractivity contribution in [2.75, 3.05) is 47.9 Å². The Morgan fingerprint density at radius 1 is 0.617 bits per heavy atom. The van der Waals surface area contributed by atoms with Crippen molar-refractivity contribution in [3.05, 3.63) is 119 Å². The number of hydrogen-bond donors (Lipinski definition) is 2. The number of aromatic amines is 2. The number of likely N-dealkylation sites (N-methyl/N-ethyl adjacent to an activating group) is 1. The summed E-state index contributed by atoms with van der Waals surface area (Å²) < 4.78 is 33.3. The summed E-state index contributed by atoms with van der Waals surface area (Å²) in [6.45, 7) is -0.367. The van der Waals surface area contributed by atoms with Crippen LogP contribution in [0.1, 0.15) is 45.7 Å². The molecule has 6 aromatic rings. The van der Waals surface area contributed by atoms with Crippen LogP contribution in [0.4, 0.5) is 0 Å². The van der Waals surface area contributed by atoms with Gasteiger partial charge in [0.05, 0.1) is 39.4 Å². The van der Waals surface area contributed by atoms with Gasteiger partial charge < -0.3 is 48.2 Å². The molecule has 0 bridgehead atoms. The largest absolute Gasteiger partial charge is 0.467 e. The van der Waals surface area contributed by atoms with Gasteiger partial charge in [0, 0.05) is 46.0 Å². The van der Waals surface area contributed by atoms with Gasteiger partial charge in [-0.05, 0) is 65.7 Å². The van der Waals surface area contributed by atoms with Crippen LogP contribution < -0.4 is 18.9 Å². The molecule has 4 aliphatic heterocycles. The topological polar surface area (TPSA) is 165 Å². The van der Waals surface area contributed by atoms with Gasteiger partial charge in [0.2, 0.25) is 25.4 Å². The number of benzene rings is 4. The summed E-state index contributed by atoms with van der Waals surface area (Å²) >= 11 is 0. The monoisotopic (exact) mass is 811 g/mol. The number of rotatable bonds is 8. The highest BCUT2D eigenvalue weighted by Gasteiger charge is 2.47. The van der Waals surface area contributed by atoms with Gasteiger partial charge >= 0.3 is 11.9 Å². The van der Waals surface area contributed by atoms with Crippen molar-refractivity contribution in [2.24, 2.45) is 0 Å². The zero-order valence-corrected chi connectivity index (χ0v) is 33.1. The first kappa shape index (κ1) is 37.3. The molecule has 0 unspecified atom stereocenters. The molecule has 6 heterocycles. The summed E-state index contributed by atoms with van der Waals surface area (Å²) in [5.74, 6) is 0.233. The molecule has 4 atom stereocenters. The van der Waals surface area contributed by atoms with Gasteiger partial charge in [-0.3, -0.25) is 14.5 Å². The molecule has 0 aliphatic carbocycles. The Kier molecular flexibility index (Phi) is 9.12. The maximum Gasteiger partial charge on any atom is 0.328 e. The van der Waals surface area contributed by atoms with Gasteiger partial charge in [-0.1, -0.05) is 48.5 Å². The summed E-state index contributed by atoms with van der Waals surface area (Å²) in [6.07, 6.45) is 0.417. The molecule has 306 valence electrons. The van der Waals surface area contributed by atoms with E-state index in [0.29, 0.717) is 34.1 Å². The Hall–Kier alpha value is -7.00. The third-order valence-electron chi connectivity index (χ3n) is 12.0. The number of carbonyl (C=O) groups excluding carboxylic acids is 4. The number of nitrogens with zero attached hydrogens (tertiary/aromatic N) is 3. The van der Waals surface area contributed by atoms with Gasteiger partial charge in [0.25, 0.3) is 0 Å². The molecule has 0 radical (unpaired) electrons. The fourth-order valence-electron chi connectivity index (χ4n) is 9.37. The molecule has 4 aliphatic rings. The van der Waals surface area contributed by atoms with E-state index >= 15 is 0 Å². The van der Waals surface area contributed by atoms with Crippen LogP contribution in [-0.2, 0) is 41.5 Å². The van der Waals surface area contributed by atoms with Crippen molar-refractivity contribution >= 4 is 45.6 Å². The molecule has 15 nitrogen and oxygen atoms in total. The first-order chi connectivity index (χ1) is 29.2. The zero-order valence-electron chi connectivity index (χ0n) is 33.1. The lowest BCUT2D eigenvalue weighted by molar-refractivity contribution is -0.157. The summed E-state index contributed by atoms with van der Waals surface area (Å²) in [7, 11) is 4.28. The zero-order chi connectivity index (χ0) is 41.2. The number of aromatic nitrogens is 2. The average Bonchev–Trinajstić information content (AvgIpc) is 4.08. The maximum absolute atomic E-state index is 14.9. The van der Waals surface area contributed by atoms with E-state index in [1.54, 1.807) is 33.9 Å². The third-order valence-corrected chi connectivity index (χ3v) is 12.0. The number of esters is 2. The second-order valence-electron chi connectivity index (χ2n) is 15.4. The lowest BCUT2D eigenvalue weighted by Gasteiger charge is -2.42. The lowest BCUT2D eigenvalue weighted by Crippen LogP contribution is -2.56. The highest BCUT2D eigenvalue weighted by atomic mass is 16.7. The van der Waals surface area contributed by atoms with Crippen LogP contribution in [0.2, 0.25) is 0 Å². The van der Waals surface area contributed by atoms with Crippen molar-refractivity contribution in [3.8, 4) is 23.0 Å². The molecule has 0 saturated heterocycles. The van der Waals surface area contributed by atoms with Crippen LogP contribution in [-0.4, -0.2) is 108 Å². The smallest absolute Gasteiger partial charge is 0.328 e. The minimum Gasteiger partial charge on any atom is -0.467 e. The molecule has 60 heavy (non-hydrogen) atoms. The highest BCUT2D eigenvalue weighted by molar-refractivity contribution is 5.93. The van der Waals surface area contributed by atoms with Crippen molar-refractivity contribution in [1.29, 1.82) is 0 Å². The minimum atomic E-state index is -0.990. The third kappa shape index (κ3) is 6.06. The Balaban J connectivity index is 1.01. The lowest BCUT2D eigenvalue weighted by atomic mass is 9.87. The second-order valence-corrected chi connectivity index (χ2v) is 15.4. The Morgan fingerprint density at radius 3 is 1.47 bits per heavy atom. The number of ether oxygens (including phenoxy) is 6. The van der Waals surface area contributed by atoms with E-state index in [0.717, 1.165) is 44.3 Å². The summed E-state index contributed by atoms with van der Waals surface area (Å²) in [5.41, 5.74) is 6.46. The fraction of sp³-hybridized carbons (Fsp3) is 0.289.